The Morgan fingerprint density at radius 3 is 2.92 bits per heavy atom. The van der Waals surface area contributed by atoms with Crippen molar-refractivity contribution in [2.24, 2.45) is 5.73 Å². The molecule has 1 aromatic carbocycles. The first-order valence-electron chi connectivity index (χ1n) is 7.35. The van der Waals surface area contributed by atoms with Gasteiger partial charge >= 0.3 is 6.61 Å². The van der Waals surface area contributed by atoms with Gasteiger partial charge in [-0.2, -0.15) is 13.9 Å². The van der Waals surface area contributed by atoms with E-state index in [1.807, 2.05) is 0 Å². The molecule has 2 heterocycles. The molecule has 1 aliphatic rings. The summed E-state index contributed by atoms with van der Waals surface area (Å²) in [5.74, 6) is -1.34. The molecular weight excluding hydrogens is 361 g/mol. The van der Waals surface area contributed by atoms with E-state index in [2.05, 4.69) is 15.2 Å². The SMILES string of the molecule is NC(=O)c1c(-c2ccc(F)c(Cl)c2)nn2c1CNCC2COC(F)F. The van der Waals surface area contributed by atoms with Crippen molar-refractivity contribution in [3.63, 3.8) is 0 Å². The number of rotatable bonds is 5. The summed E-state index contributed by atoms with van der Waals surface area (Å²) in [4.78, 5) is 11.9. The van der Waals surface area contributed by atoms with Crippen molar-refractivity contribution in [1.82, 2.24) is 15.1 Å². The molecule has 1 amide bonds. The molecule has 0 spiro atoms. The zero-order valence-corrected chi connectivity index (χ0v) is 13.6. The molecule has 0 bridgehead atoms. The van der Waals surface area contributed by atoms with E-state index in [1.54, 1.807) is 0 Å². The highest BCUT2D eigenvalue weighted by atomic mass is 35.5. The van der Waals surface area contributed by atoms with Crippen LogP contribution in [0.3, 0.4) is 0 Å². The number of carbonyl (C=O) groups excluding carboxylic acids is 1. The molecule has 0 radical (unpaired) electrons. The van der Waals surface area contributed by atoms with Gasteiger partial charge in [-0.15, -0.1) is 0 Å². The second-order valence-electron chi connectivity index (χ2n) is 5.49. The summed E-state index contributed by atoms with van der Waals surface area (Å²) in [6, 6.07) is 3.35. The molecule has 10 heteroatoms. The highest BCUT2D eigenvalue weighted by molar-refractivity contribution is 6.31. The van der Waals surface area contributed by atoms with Crippen LogP contribution < -0.4 is 11.1 Å². The second kappa shape index (κ2) is 7.03. The van der Waals surface area contributed by atoms with E-state index < -0.39 is 24.4 Å². The van der Waals surface area contributed by atoms with Gasteiger partial charge in [0.25, 0.3) is 5.91 Å². The van der Waals surface area contributed by atoms with Crippen LogP contribution in [0.2, 0.25) is 5.02 Å². The van der Waals surface area contributed by atoms with Crippen LogP contribution in [-0.2, 0) is 11.3 Å². The fraction of sp³-hybridized carbons (Fsp3) is 0.333. The van der Waals surface area contributed by atoms with Gasteiger partial charge in [0.05, 0.1) is 28.9 Å². The summed E-state index contributed by atoms with van der Waals surface area (Å²) in [6.45, 7) is -2.58. The Labute approximate surface area is 145 Å². The number of amides is 1. The minimum Gasteiger partial charge on any atom is -0.365 e. The number of ether oxygens (including phenoxy) is 1. The largest absolute Gasteiger partial charge is 0.365 e. The first-order chi connectivity index (χ1) is 11.9. The lowest BCUT2D eigenvalue weighted by atomic mass is 10.0. The second-order valence-corrected chi connectivity index (χ2v) is 5.89. The molecule has 0 aliphatic carbocycles. The fourth-order valence-electron chi connectivity index (χ4n) is 2.80. The fourth-order valence-corrected chi connectivity index (χ4v) is 2.98. The monoisotopic (exact) mass is 374 g/mol. The lowest BCUT2D eigenvalue weighted by molar-refractivity contribution is -0.137. The van der Waals surface area contributed by atoms with Crippen LogP contribution in [0.1, 0.15) is 22.1 Å². The molecule has 25 heavy (non-hydrogen) atoms. The van der Waals surface area contributed by atoms with E-state index >= 15 is 0 Å². The van der Waals surface area contributed by atoms with Crippen molar-refractivity contribution in [1.29, 1.82) is 0 Å². The minimum atomic E-state index is -2.91. The van der Waals surface area contributed by atoms with E-state index in [4.69, 9.17) is 17.3 Å². The van der Waals surface area contributed by atoms with Crippen molar-refractivity contribution < 1.29 is 22.7 Å². The summed E-state index contributed by atoms with van der Waals surface area (Å²) < 4.78 is 43.9. The Hall–Kier alpha value is -2.10. The summed E-state index contributed by atoms with van der Waals surface area (Å²) in [7, 11) is 0. The summed E-state index contributed by atoms with van der Waals surface area (Å²) in [5.41, 5.74) is 6.69. The number of aromatic nitrogens is 2. The van der Waals surface area contributed by atoms with Crippen molar-refractivity contribution in [3.05, 3.63) is 40.3 Å². The molecule has 0 saturated carbocycles. The minimum absolute atomic E-state index is 0.130. The molecular formula is C15H14ClF3N4O2. The lowest BCUT2D eigenvalue weighted by Gasteiger charge is -2.25. The van der Waals surface area contributed by atoms with Crippen molar-refractivity contribution in [2.45, 2.75) is 19.2 Å². The number of alkyl halides is 2. The molecule has 1 atom stereocenters. The number of halogens is 4. The van der Waals surface area contributed by atoms with Crippen LogP contribution in [0.25, 0.3) is 11.3 Å². The third-order valence-electron chi connectivity index (χ3n) is 3.88. The average molecular weight is 375 g/mol. The third-order valence-corrected chi connectivity index (χ3v) is 4.17. The molecule has 0 fully saturated rings. The van der Waals surface area contributed by atoms with Crippen molar-refractivity contribution in [2.75, 3.05) is 13.2 Å². The van der Waals surface area contributed by atoms with Gasteiger partial charge in [0, 0.05) is 18.7 Å². The topological polar surface area (TPSA) is 82.2 Å². The van der Waals surface area contributed by atoms with Gasteiger partial charge in [0.2, 0.25) is 0 Å². The van der Waals surface area contributed by atoms with Crippen LogP contribution in [0, 0.1) is 5.82 Å². The number of nitrogens with two attached hydrogens (primary N) is 1. The predicted molar refractivity (Wildman–Crippen MR) is 83.8 cm³/mol. The molecule has 1 aromatic heterocycles. The van der Waals surface area contributed by atoms with Crippen LogP contribution in [0.5, 0.6) is 0 Å². The van der Waals surface area contributed by atoms with E-state index in [1.165, 1.54) is 16.8 Å². The van der Waals surface area contributed by atoms with Crippen LogP contribution in [0.4, 0.5) is 13.2 Å². The highest BCUT2D eigenvalue weighted by Gasteiger charge is 2.30. The van der Waals surface area contributed by atoms with Gasteiger partial charge < -0.3 is 15.8 Å². The van der Waals surface area contributed by atoms with E-state index in [0.717, 1.165) is 6.07 Å². The number of nitrogens with zero attached hydrogens (tertiary/aromatic N) is 2. The normalized spacial score (nSPS) is 16.9. The Balaban J connectivity index is 2.07. The maximum Gasteiger partial charge on any atom is 0.345 e. The average Bonchev–Trinajstić information content (AvgIpc) is 2.95. The van der Waals surface area contributed by atoms with Crippen molar-refractivity contribution >= 4 is 17.5 Å². The number of fused-ring (bicyclic) bond motifs is 1. The number of primary amides is 1. The molecule has 3 rings (SSSR count). The predicted octanol–water partition coefficient (Wildman–Crippen LogP) is 2.33. The number of hydrogen-bond donors (Lipinski definition) is 2. The first kappa shape index (κ1) is 17.7. The van der Waals surface area contributed by atoms with Gasteiger partial charge in [0.1, 0.15) is 11.5 Å². The van der Waals surface area contributed by atoms with Crippen LogP contribution in [0.15, 0.2) is 18.2 Å². The van der Waals surface area contributed by atoms with Gasteiger partial charge in [-0.1, -0.05) is 11.6 Å². The smallest absolute Gasteiger partial charge is 0.345 e. The zero-order chi connectivity index (χ0) is 18.1. The lowest BCUT2D eigenvalue weighted by Crippen LogP contribution is -2.37. The third kappa shape index (κ3) is 3.48. The Kier molecular flexibility index (Phi) is 4.98. The molecule has 0 saturated heterocycles. The number of nitrogens with one attached hydrogen (secondary N) is 1. The Morgan fingerprint density at radius 1 is 1.52 bits per heavy atom. The van der Waals surface area contributed by atoms with E-state index in [9.17, 15) is 18.0 Å². The highest BCUT2D eigenvalue weighted by Crippen LogP contribution is 2.31. The Bertz CT molecular complexity index is 812. The van der Waals surface area contributed by atoms with E-state index in [-0.39, 0.29) is 29.4 Å². The number of carbonyl (C=O) groups is 1. The summed E-state index contributed by atoms with van der Waals surface area (Å²) in [6.07, 6.45) is 0. The molecule has 6 nitrogen and oxygen atoms in total. The summed E-state index contributed by atoms with van der Waals surface area (Å²) >= 11 is 5.79. The standard InChI is InChI=1S/C15H14ClF3N4O2/c16-9-3-7(1-2-10(9)17)13-12(14(20)24)11-5-21-4-8(23(11)22-13)6-25-15(18)19/h1-3,8,15,21H,4-6H2,(H2,20,24). The molecule has 134 valence electrons. The maximum atomic E-state index is 13.4. The number of benzene rings is 1. The maximum absolute atomic E-state index is 13.4. The number of hydrogen-bond acceptors (Lipinski definition) is 4. The quantitative estimate of drug-likeness (QED) is 0.841. The van der Waals surface area contributed by atoms with Crippen molar-refractivity contribution in [3.8, 4) is 11.3 Å². The van der Waals surface area contributed by atoms with Gasteiger partial charge in [-0.3, -0.25) is 9.48 Å². The van der Waals surface area contributed by atoms with Gasteiger partial charge in [0.15, 0.2) is 0 Å². The van der Waals surface area contributed by atoms with Gasteiger partial charge in [-0.25, -0.2) is 4.39 Å². The molecule has 1 aliphatic heterocycles. The van der Waals surface area contributed by atoms with Crippen LogP contribution in [-0.4, -0.2) is 35.5 Å². The molecule has 1 unspecified atom stereocenters. The Morgan fingerprint density at radius 2 is 2.28 bits per heavy atom. The summed E-state index contributed by atoms with van der Waals surface area (Å²) in [5, 5.41) is 7.23. The zero-order valence-electron chi connectivity index (χ0n) is 12.8. The molecule has 3 N–H and O–H groups in total. The first-order valence-corrected chi connectivity index (χ1v) is 7.73. The molecule has 2 aromatic rings. The van der Waals surface area contributed by atoms with Crippen LogP contribution >= 0.6 is 11.6 Å². The van der Waals surface area contributed by atoms with E-state index in [0.29, 0.717) is 17.8 Å². The van der Waals surface area contributed by atoms with Gasteiger partial charge in [-0.05, 0) is 18.2 Å².